The molecule has 0 saturated carbocycles. The van der Waals surface area contributed by atoms with Crippen molar-refractivity contribution in [3.05, 3.63) is 32.2 Å². The molecular formula is C13H16Br2O5. The molecule has 0 atom stereocenters. The van der Waals surface area contributed by atoms with Crippen molar-refractivity contribution in [2.75, 3.05) is 19.8 Å². The Hall–Kier alpha value is -0.600. The quantitative estimate of drug-likeness (QED) is 0.642. The van der Waals surface area contributed by atoms with Crippen molar-refractivity contribution in [2.24, 2.45) is 5.41 Å². The Bertz CT molecular complexity index is 421. The van der Waals surface area contributed by atoms with Crippen molar-refractivity contribution < 1.29 is 24.9 Å². The lowest BCUT2D eigenvalue weighted by Gasteiger charge is -2.20. The van der Waals surface area contributed by atoms with Crippen LogP contribution in [0.3, 0.4) is 0 Å². The zero-order chi connectivity index (χ0) is 15.8. The van der Waals surface area contributed by atoms with E-state index < -0.39 is 5.41 Å². The smallest absolute Gasteiger partial charge is 0.151 e. The van der Waals surface area contributed by atoms with E-state index in [2.05, 4.69) is 31.9 Å². The molecule has 0 heterocycles. The van der Waals surface area contributed by atoms with Gasteiger partial charge in [0.05, 0.1) is 19.8 Å². The highest BCUT2D eigenvalue weighted by Gasteiger charge is 2.20. The average Bonchev–Trinajstić information content (AvgIpc) is 2.47. The van der Waals surface area contributed by atoms with E-state index in [-0.39, 0.29) is 19.8 Å². The first-order valence-corrected chi connectivity index (χ1v) is 7.18. The van der Waals surface area contributed by atoms with Crippen LogP contribution in [0.25, 0.3) is 0 Å². The molecule has 0 spiro atoms. The van der Waals surface area contributed by atoms with Crippen molar-refractivity contribution >= 4 is 44.4 Å². The second-order valence-electron chi connectivity index (χ2n) is 4.42. The van der Waals surface area contributed by atoms with Crippen LogP contribution in [-0.4, -0.2) is 47.7 Å². The maximum absolute atomic E-state index is 10.4. The number of hydrogen-bond acceptors (Lipinski definition) is 5. The Balaban J connectivity index is 0.000000396. The molecule has 0 aliphatic rings. The number of carbonyl (C=O) groups excluding carboxylic acids is 2. The molecule has 0 bridgehead atoms. The maximum atomic E-state index is 10.4. The number of carbonyl (C=O) groups is 2. The van der Waals surface area contributed by atoms with E-state index in [9.17, 15) is 9.59 Å². The van der Waals surface area contributed by atoms with Crippen LogP contribution < -0.4 is 0 Å². The zero-order valence-electron chi connectivity index (χ0n) is 10.8. The van der Waals surface area contributed by atoms with Crippen LogP contribution in [0.5, 0.6) is 0 Å². The molecule has 0 saturated heterocycles. The zero-order valence-corrected chi connectivity index (χ0v) is 14.0. The van der Waals surface area contributed by atoms with Gasteiger partial charge in [-0.25, -0.2) is 0 Å². The number of hydrogen-bond donors (Lipinski definition) is 3. The molecule has 0 unspecified atom stereocenters. The molecule has 0 fully saturated rings. The van der Waals surface area contributed by atoms with Gasteiger partial charge in [0, 0.05) is 25.5 Å². The monoisotopic (exact) mass is 410 g/mol. The first-order valence-electron chi connectivity index (χ1n) is 5.59. The molecule has 1 aromatic carbocycles. The number of aldehydes is 2. The molecule has 0 aliphatic carbocycles. The predicted octanol–water partition coefficient (Wildman–Crippen LogP) is 1.81. The van der Waals surface area contributed by atoms with E-state index in [1.165, 1.54) is 6.07 Å². The molecule has 5 nitrogen and oxygen atoms in total. The van der Waals surface area contributed by atoms with Crippen molar-refractivity contribution in [1.82, 2.24) is 0 Å². The van der Waals surface area contributed by atoms with E-state index in [1.54, 1.807) is 13.0 Å². The summed E-state index contributed by atoms with van der Waals surface area (Å²) in [6.45, 7) is 1.06. The summed E-state index contributed by atoms with van der Waals surface area (Å²) in [5.41, 5.74) is 0.237. The Kier molecular flexibility index (Phi) is 9.08. The molecule has 1 rings (SSSR count). The largest absolute Gasteiger partial charge is 0.396 e. The Morgan fingerprint density at radius 3 is 1.50 bits per heavy atom. The van der Waals surface area contributed by atoms with E-state index in [0.717, 1.165) is 0 Å². The topological polar surface area (TPSA) is 94.8 Å². The number of benzene rings is 1. The lowest BCUT2D eigenvalue weighted by molar-refractivity contribution is 0.0200. The van der Waals surface area contributed by atoms with Crippen LogP contribution in [0.2, 0.25) is 0 Å². The lowest BCUT2D eigenvalue weighted by Crippen LogP contribution is -2.29. The Morgan fingerprint density at radius 2 is 1.30 bits per heavy atom. The van der Waals surface area contributed by atoms with Gasteiger partial charge in [0.15, 0.2) is 12.6 Å². The minimum absolute atomic E-state index is 0.181. The number of halogens is 2. The van der Waals surface area contributed by atoms with Crippen LogP contribution in [0.4, 0.5) is 0 Å². The van der Waals surface area contributed by atoms with E-state index >= 15 is 0 Å². The highest BCUT2D eigenvalue weighted by molar-refractivity contribution is 9.11. The van der Waals surface area contributed by atoms with Crippen LogP contribution in [0.15, 0.2) is 21.1 Å². The van der Waals surface area contributed by atoms with Crippen molar-refractivity contribution in [3.63, 3.8) is 0 Å². The summed E-state index contributed by atoms with van der Waals surface area (Å²) in [5.74, 6) is 0. The Labute approximate surface area is 133 Å². The first kappa shape index (κ1) is 19.4. The number of rotatable bonds is 5. The summed E-state index contributed by atoms with van der Waals surface area (Å²) in [6.07, 6.45) is 1.40. The minimum atomic E-state index is -0.708. The van der Waals surface area contributed by atoms with Gasteiger partial charge in [0.25, 0.3) is 0 Å². The third-order valence-electron chi connectivity index (χ3n) is 2.52. The average molecular weight is 412 g/mol. The second-order valence-corrected chi connectivity index (χ2v) is 6.12. The van der Waals surface area contributed by atoms with E-state index in [0.29, 0.717) is 32.6 Å². The fraction of sp³-hybridized carbons (Fsp3) is 0.385. The summed E-state index contributed by atoms with van der Waals surface area (Å²) >= 11 is 6.39. The lowest BCUT2D eigenvalue weighted by atomic mass is 9.95. The first-order chi connectivity index (χ1) is 9.37. The minimum Gasteiger partial charge on any atom is -0.396 e. The molecular weight excluding hydrogens is 396 g/mol. The van der Waals surface area contributed by atoms with Gasteiger partial charge in [0.2, 0.25) is 0 Å². The van der Waals surface area contributed by atoms with Gasteiger partial charge < -0.3 is 15.3 Å². The van der Waals surface area contributed by atoms with Gasteiger partial charge in [0.1, 0.15) is 0 Å². The highest BCUT2D eigenvalue weighted by Crippen LogP contribution is 2.23. The summed E-state index contributed by atoms with van der Waals surface area (Å²) in [7, 11) is 0. The molecule has 7 heteroatoms. The fourth-order valence-corrected chi connectivity index (χ4v) is 2.09. The molecule has 0 aliphatic heterocycles. The van der Waals surface area contributed by atoms with Crippen molar-refractivity contribution in [2.45, 2.75) is 6.92 Å². The van der Waals surface area contributed by atoms with Gasteiger partial charge in [-0.1, -0.05) is 38.8 Å². The van der Waals surface area contributed by atoms with Crippen LogP contribution in [-0.2, 0) is 0 Å². The van der Waals surface area contributed by atoms with Gasteiger partial charge >= 0.3 is 0 Å². The van der Waals surface area contributed by atoms with Gasteiger partial charge in [-0.05, 0) is 12.1 Å². The normalized spacial score (nSPS) is 10.5. The van der Waals surface area contributed by atoms with E-state index in [1.807, 2.05) is 0 Å². The number of aliphatic hydroxyl groups is 3. The fourth-order valence-electron chi connectivity index (χ4n) is 0.914. The second kappa shape index (κ2) is 9.36. The summed E-state index contributed by atoms with van der Waals surface area (Å²) in [5, 5.41) is 25.4. The van der Waals surface area contributed by atoms with Crippen molar-refractivity contribution in [1.29, 1.82) is 0 Å². The molecule has 0 aromatic heterocycles. The van der Waals surface area contributed by atoms with Crippen LogP contribution in [0, 0.1) is 5.41 Å². The highest BCUT2D eigenvalue weighted by atomic mass is 79.9. The maximum Gasteiger partial charge on any atom is 0.151 e. The Morgan fingerprint density at radius 1 is 0.950 bits per heavy atom. The standard InChI is InChI=1S/C8H4Br2O2.C5H12O3/c9-7-2-8(10)6(4-12)1-5(7)3-11;1-5(2-6,3-7)4-8/h1-4H;6-8H,2-4H2,1H3. The van der Waals surface area contributed by atoms with Gasteiger partial charge in [-0.15, -0.1) is 0 Å². The van der Waals surface area contributed by atoms with Crippen LogP contribution in [0.1, 0.15) is 27.6 Å². The SMILES string of the molecule is CC(CO)(CO)CO.O=Cc1cc(C=O)c(Br)cc1Br. The molecule has 0 radical (unpaired) electrons. The molecule has 0 amide bonds. The predicted molar refractivity (Wildman–Crippen MR) is 82.0 cm³/mol. The summed E-state index contributed by atoms with van der Waals surface area (Å²) in [6, 6.07) is 3.20. The molecule has 3 N–H and O–H groups in total. The third kappa shape index (κ3) is 5.80. The van der Waals surface area contributed by atoms with Crippen LogP contribution >= 0.6 is 31.9 Å². The van der Waals surface area contributed by atoms with E-state index in [4.69, 9.17) is 15.3 Å². The summed E-state index contributed by atoms with van der Waals surface area (Å²) < 4.78 is 1.35. The molecule has 20 heavy (non-hydrogen) atoms. The summed E-state index contributed by atoms with van der Waals surface area (Å²) in [4.78, 5) is 20.9. The third-order valence-corrected chi connectivity index (χ3v) is 3.89. The molecule has 1 aromatic rings. The van der Waals surface area contributed by atoms with Gasteiger partial charge in [-0.2, -0.15) is 0 Å². The molecule has 112 valence electrons. The number of aliphatic hydroxyl groups excluding tert-OH is 3. The van der Waals surface area contributed by atoms with Gasteiger partial charge in [-0.3, -0.25) is 9.59 Å². The van der Waals surface area contributed by atoms with Crippen molar-refractivity contribution in [3.8, 4) is 0 Å².